The van der Waals surface area contributed by atoms with Gasteiger partial charge in [-0.25, -0.2) is 0 Å². The van der Waals surface area contributed by atoms with E-state index < -0.39 is 0 Å². The van der Waals surface area contributed by atoms with E-state index in [2.05, 4.69) is 20.6 Å². The monoisotopic (exact) mass is 247 g/mol. The minimum atomic E-state index is -0.0159. The maximum absolute atomic E-state index is 5.35. The third-order valence-corrected chi connectivity index (χ3v) is 3.40. The van der Waals surface area contributed by atoms with E-state index in [-0.39, 0.29) is 6.04 Å². The second-order valence-corrected chi connectivity index (χ2v) is 4.70. The Morgan fingerprint density at radius 1 is 1.56 bits per heavy atom. The van der Waals surface area contributed by atoms with Gasteiger partial charge in [0.1, 0.15) is 6.04 Å². The smallest absolute Gasteiger partial charge is 0.251 e. The Bertz CT molecular complexity index is 486. The number of nitrogens with zero attached hydrogens (tertiary/aromatic N) is 4. The Balaban J connectivity index is 1.76. The fraction of sp³-hybridized carbons (Fsp3) is 0.583. The quantitative estimate of drug-likeness (QED) is 0.886. The number of aromatic nitrogens is 4. The standard InChI is InChI=1S/C12H17N5O/c1-9(17-7-3-6-14-17)12-15-11(16-18-12)10-4-2-5-13-8-10/h3,6-7,9-10,13H,2,4-5,8H2,1H3. The van der Waals surface area contributed by atoms with E-state index in [9.17, 15) is 0 Å². The minimum absolute atomic E-state index is 0.0159. The van der Waals surface area contributed by atoms with Crippen molar-refractivity contribution in [1.29, 1.82) is 0 Å². The molecule has 3 heterocycles. The lowest BCUT2D eigenvalue weighted by Crippen LogP contribution is -2.28. The summed E-state index contributed by atoms with van der Waals surface area (Å²) >= 11 is 0. The first kappa shape index (κ1) is 11.4. The van der Waals surface area contributed by atoms with Crippen molar-refractivity contribution in [3.05, 3.63) is 30.2 Å². The van der Waals surface area contributed by atoms with E-state index in [4.69, 9.17) is 4.52 Å². The lowest BCUT2D eigenvalue weighted by Gasteiger charge is -2.19. The molecular formula is C12H17N5O. The molecular weight excluding hydrogens is 230 g/mol. The second kappa shape index (κ2) is 4.89. The van der Waals surface area contributed by atoms with Crippen molar-refractivity contribution in [2.75, 3.05) is 13.1 Å². The largest absolute Gasteiger partial charge is 0.337 e. The van der Waals surface area contributed by atoms with Gasteiger partial charge in [-0.1, -0.05) is 5.16 Å². The van der Waals surface area contributed by atoms with Gasteiger partial charge in [-0.3, -0.25) is 4.68 Å². The first-order chi connectivity index (χ1) is 8.84. The summed E-state index contributed by atoms with van der Waals surface area (Å²) < 4.78 is 7.17. The predicted molar refractivity (Wildman–Crippen MR) is 65.2 cm³/mol. The number of hydrogen-bond acceptors (Lipinski definition) is 5. The highest BCUT2D eigenvalue weighted by atomic mass is 16.5. The van der Waals surface area contributed by atoms with Crippen molar-refractivity contribution in [1.82, 2.24) is 25.2 Å². The molecule has 0 saturated carbocycles. The highest BCUT2D eigenvalue weighted by molar-refractivity contribution is 5.01. The van der Waals surface area contributed by atoms with E-state index in [0.29, 0.717) is 11.8 Å². The molecule has 2 atom stereocenters. The Kier molecular flexibility index (Phi) is 3.10. The first-order valence-electron chi connectivity index (χ1n) is 6.38. The van der Waals surface area contributed by atoms with Gasteiger partial charge >= 0.3 is 0 Å². The molecule has 1 aliphatic rings. The first-order valence-corrected chi connectivity index (χ1v) is 6.38. The van der Waals surface area contributed by atoms with E-state index in [0.717, 1.165) is 25.3 Å². The molecule has 3 rings (SSSR count). The summed E-state index contributed by atoms with van der Waals surface area (Å²) in [5.41, 5.74) is 0. The lowest BCUT2D eigenvalue weighted by molar-refractivity contribution is 0.328. The fourth-order valence-electron chi connectivity index (χ4n) is 2.28. The van der Waals surface area contributed by atoms with Crippen molar-refractivity contribution >= 4 is 0 Å². The van der Waals surface area contributed by atoms with Crippen molar-refractivity contribution in [3.63, 3.8) is 0 Å². The normalized spacial score (nSPS) is 21.9. The maximum atomic E-state index is 5.35. The zero-order valence-electron chi connectivity index (χ0n) is 10.4. The molecule has 96 valence electrons. The maximum Gasteiger partial charge on any atom is 0.251 e. The van der Waals surface area contributed by atoms with Gasteiger partial charge in [-0.05, 0) is 32.4 Å². The molecule has 1 fully saturated rings. The average molecular weight is 247 g/mol. The fourth-order valence-corrected chi connectivity index (χ4v) is 2.28. The zero-order chi connectivity index (χ0) is 12.4. The molecule has 0 spiro atoms. The van der Waals surface area contributed by atoms with Gasteiger partial charge in [0.05, 0.1) is 0 Å². The Morgan fingerprint density at radius 2 is 2.50 bits per heavy atom. The molecule has 0 bridgehead atoms. The molecule has 1 N–H and O–H groups in total. The van der Waals surface area contributed by atoms with E-state index in [1.807, 2.05) is 23.9 Å². The van der Waals surface area contributed by atoms with Crippen LogP contribution in [0.3, 0.4) is 0 Å². The molecule has 0 aliphatic carbocycles. The summed E-state index contributed by atoms with van der Waals surface area (Å²) in [6.07, 6.45) is 5.95. The molecule has 2 aromatic rings. The van der Waals surface area contributed by atoms with Crippen molar-refractivity contribution in [3.8, 4) is 0 Å². The topological polar surface area (TPSA) is 68.8 Å². The summed E-state index contributed by atoms with van der Waals surface area (Å²) in [4.78, 5) is 4.51. The lowest BCUT2D eigenvalue weighted by atomic mass is 9.99. The number of rotatable bonds is 3. The summed E-state index contributed by atoms with van der Waals surface area (Å²) in [6, 6.07) is 1.87. The highest BCUT2D eigenvalue weighted by Crippen LogP contribution is 2.22. The van der Waals surface area contributed by atoms with Crippen LogP contribution < -0.4 is 5.32 Å². The van der Waals surface area contributed by atoms with E-state index in [1.165, 1.54) is 6.42 Å². The van der Waals surface area contributed by atoms with Crippen LogP contribution in [0.5, 0.6) is 0 Å². The molecule has 6 heteroatoms. The molecule has 0 amide bonds. The van der Waals surface area contributed by atoms with Crippen molar-refractivity contribution in [2.24, 2.45) is 0 Å². The summed E-state index contributed by atoms with van der Waals surface area (Å²) in [5, 5.41) is 11.7. The van der Waals surface area contributed by atoms with Crippen LogP contribution in [0, 0.1) is 0 Å². The molecule has 2 unspecified atom stereocenters. The minimum Gasteiger partial charge on any atom is -0.337 e. The molecule has 1 saturated heterocycles. The third-order valence-electron chi connectivity index (χ3n) is 3.40. The molecule has 2 aromatic heterocycles. The van der Waals surface area contributed by atoms with Crippen LogP contribution in [0.15, 0.2) is 23.0 Å². The third kappa shape index (κ3) is 2.15. The molecule has 0 radical (unpaired) electrons. The molecule has 18 heavy (non-hydrogen) atoms. The Morgan fingerprint density at radius 3 is 3.22 bits per heavy atom. The summed E-state index contributed by atoms with van der Waals surface area (Å²) in [5.74, 6) is 1.82. The van der Waals surface area contributed by atoms with Crippen LogP contribution in [0.2, 0.25) is 0 Å². The number of piperidine rings is 1. The van der Waals surface area contributed by atoms with E-state index in [1.54, 1.807) is 6.20 Å². The second-order valence-electron chi connectivity index (χ2n) is 4.70. The van der Waals surface area contributed by atoms with Gasteiger partial charge in [0, 0.05) is 24.9 Å². The van der Waals surface area contributed by atoms with Gasteiger partial charge in [0.25, 0.3) is 5.89 Å². The zero-order valence-corrected chi connectivity index (χ0v) is 10.4. The van der Waals surface area contributed by atoms with Crippen molar-refractivity contribution in [2.45, 2.75) is 31.7 Å². The summed E-state index contributed by atoms with van der Waals surface area (Å²) in [6.45, 7) is 4.03. The van der Waals surface area contributed by atoms with Crippen LogP contribution in [0.4, 0.5) is 0 Å². The van der Waals surface area contributed by atoms with Crippen LogP contribution >= 0.6 is 0 Å². The number of nitrogens with one attached hydrogen (secondary N) is 1. The van der Waals surface area contributed by atoms with Crippen molar-refractivity contribution < 1.29 is 4.52 Å². The Labute approximate surface area is 105 Å². The van der Waals surface area contributed by atoms with Gasteiger partial charge in [0.2, 0.25) is 0 Å². The molecule has 1 aliphatic heterocycles. The average Bonchev–Trinajstić information content (AvgIpc) is 3.10. The van der Waals surface area contributed by atoms with Gasteiger partial charge in [-0.15, -0.1) is 0 Å². The highest BCUT2D eigenvalue weighted by Gasteiger charge is 2.23. The van der Waals surface area contributed by atoms with Gasteiger partial charge < -0.3 is 9.84 Å². The van der Waals surface area contributed by atoms with E-state index >= 15 is 0 Å². The van der Waals surface area contributed by atoms with Crippen LogP contribution in [0.1, 0.15) is 43.4 Å². The van der Waals surface area contributed by atoms with Crippen LogP contribution in [-0.2, 0) is 0 Å². The van der Waals surface area contributed by atoms with Gasteiger partial charge in [0.15, 0.2) is 5.82 Å². The van der Waals surface area contributed by atoms with Crippen LogP contribution in [0.25, 0.3) is 0 Å². The molecule has 0 aromatic carbocycles. The molecule has 6 nitrogen and oxygen atoms in total. The predicted octanol–water partition coefficient (Wildman–Crippen LogP) is 1.34. The SMILES string of the molecule is CC(c1nc(C2CCCNC2)no1)n1cccn1. The Hall–Kier alpha value is -1.69. The summed E-state index contributed by atoms with van der Waals surface area (Å²) in [7, 11) is 0. The van der Waals surface area contributed by atoms with Gasteiger partial charge in [-0.2, -0.15) is 10.1 Å². The number of hydrogen-bond donors (Lipinski definition) is 1. The van der Waals surface area contributed by atoms with Crippen LogP contribution in [-0.4, -0.2) is 33.0 Å².